The molecule has 0 aromatic carbocycles. The zero-order valence-corrected chi connectivity index (χ0v) is 12.6. The maximum atomic E-state index is 11.0. The van der Waals surface area contributed by atoms with E-state index in [1.165, 1.54) is 37.7 Å². The van der Waals surface area contributed by atoms with Crippen LogP contribution < -0.4 is 0 Å². The van der Waals surface area contributed by atoms with E-state index >= 15 is 0 Å². The van der Waals surface area contributed by atoms with Crippen LogP contribution in [-0.2, 0) is 14.3 Å². The molecule has 20 heavy (non-hydrogen) atoms. The Kier molecular flexibility index (Phi) is 5.93. The Morgan fingerprint density at radius 2 is 2.20 bits per heavy atom. The molecule has 0 saturated heterocycles. The Morgan fingerprint density at radius 1 is 1.50 bits per heavy atom. The Labute approximate surface area is 121 Å². The third-order valence-electron chi connectivity index (χ3n) is 3.97. The molecular weight excluding hydrogens is 252 g/mol. The van der Waals surface area contributed by atoms with Crippen molar-refractivity contribution in [1.82, 2.24) is 0 Å². The summed E-state index contributed by atoms with van der Waals surface area (Å²) >= 11 is 0. The fourth-order valence-corrected chi connectivity index (χ4v) is 2.78. The summed E-state index contributed by atoms with van der Waals surface area (Å²) in [4.78, 5) is 21.7. The van der Waals surface area contributed by atoms with Gasteiger partial charge < -0.3 is 4.74 Å². The lowest BCUT2D eigenvalue weighted by Gasteiger charge is -2.40. The first kappa shape index (κ1) is 16.4. The Bertz CT molecular complexity index is 441. The van der Waals surface area contributed by atoms with Crippen LogP contribution in [0.25, 0.3) is 0 Å². The van der Waals surface area contributed by atoms with E-state index in [4.69, 9.17) is 4.74 Å². The largest absolute Gasteiger partial charge is 0.435 e. The predicted molar refractivity (Wildman–Crippen MR) is 79.9 cm³/mol. The van der Waals surface area contributed by atoms with Crippen LogP contribution >= 0.6 is 0 Å². The normalized spacial score (nSPS) is 22.9. The number of ether oxygens (including phenoxy) is 1. The second-order valence-electron chi connectivity index (χ2n) is 6.02. The SMILES string of the molecule is C=C1CCCC(C)(C)C1C/C=C(C=O)\C=C\OC(C)=O. The molecule has 1 saturated carbocycles. The molecule has 1 atom stereocenters. The van der Waals surface area contributed by atoms with Crippen LogP contribution in [0.4, 0.5) is 0 Å². The van der Waals surface area contributed by atoms with Crippen molar-refractivity contribution in [2.75, 3.05) is 0 Å². The van der Waals surface area contributed by atoms with Gasteiger partial charge in [0.25, 0.3) is 0 Å². The number of hydrogen-bond acceptors (Lipinski definition) is 3. The van der Waals surface area contributed by atoms with Crippen LogP contribution in [0.1, 0.15) is 46.5 Å². The first-order valence-electron chi connectivity index (χ1n) is 7.03. The van der Waals surface area contributed by atoms with Crippen LogP contribution in [0.3, 0.4) is 0 Å². The molecule has 110 valence electrons. The van der Waals surface area contributed by atoms with Gasteiger partial charge in [-0.15, -0.1) is 0 Å². The Hall–Kier alpha value is -1.64. The molecule has 0 spiro atoms. The molecule has 1 unspecified atom stereocenters. The average molecular weight is 276 g/mol. The summed E-state index contributed by atoms with van der Waals surface area (Å²) in [5, 5.41) is 0. The highest BCUT2D eigenvalue weighted by molar-refractivity contribution is 5.77. The fourth-order valence-electron chi connectivity index (χ4n) is 2.78. The van der Waals surface area contributed by atoms with Crippen molar-refractivity contribution in [3.63, 3.8) is 0 Å². The van der Waals surface area contributed by atoms with Crippen LogP contribution in [-0.4, -0.2) is 12.3 Å². The monoisotopic (exact) mass is 276 g/mol. The number of rotatable bonds is 5. The first-order chi connectivity index (χ1) is 9.36. The van der Waals surface area contributed by atoms with Crippen molar-refractivity contribution in [2.45, 2.75) is 46.5 Å². The summed E-state index contributed by atoms with van der Waals surface area (Å²) in [5.74, 6) is 0.00150. The van der Waals surface area contributed by atoms with Gasteiger partial charge in [0, 0.05) is 12.5 Å². The van der Waals surface area contributed by atoms with Crippen LogP contribution in [0.15, 0.2) is 36.1 Å². The number of esters is 1. The number of allylic oxidation sites excluding steroid dienone is 4. The fraction of sp³-hybridized carbons (Fsp3) is 0.529. The van der Waals surface area contributed by atoms with Gasteiger partial charge in [0.15, 0.2) is 0 Å². The van der Waals surface area contributed by atoms with Gasteiger partial charge >= 0.3 is 5.97 Å². The van der Waals surface area contributed by atoms with Crippen molar-refractivity contribution >= 4 is 12.3 Å². The molecule has 0 radical (unpaired) electrons. The van der Waals surface area contributed by atoms with E-state index in [0.717, 1.165) is 19.1 Å². The summed E-state index contributed by atoms with van der Waals surface area (Å²) in [6, 6.07) is 0. The lowest BCUT2D eigenvalue weighted by atomic mass is 9.65. The molecule has 0 bridgehead atoms. The quantitative estimate of drug-likeness (QED) is 0.191. The van der Waals surface area contributed by atoms with E-state index in [0.29, 0.717) is 11.5 Å². The average Bonchev–Trinajstić information content (AvgIpc) is 2.34. The number of carbonyl (C=O) groups excluding carboxylic acids is 2. The van der Waals surface area contributed by atoms with Gasteiger partial charge in [0.05, 0.1) is 6.26 Å². The standard InChI is InChI=1S/C17H24O3/c1-13-6-5-10-17(3,4)16(13)8-7-15(12-18)9-11-20-14(2)19/h7,9,11-12,16H,1,5-6,8,10H2,2-4H3/b11-9+,15-7+. The summed E-state index contributed by atoms with van der Waals surface area (Å²) in [6.45, 7) is 10.0. The predicted octanol–water partition coefficient (Wildman–Crippen LogP) is 3.96. The number of hydrogen-bond donors (Lipinski definition) is 0. The Balaban J connectivity index is 2.71. The molecule has 0 aromatic rings. The summed E-state index contributed by atoms with van der Waals surface area (Å²) in [7, 11) is 0. The van der Waals surface area contributed by atoms with E-state index in [1.54, 1.807) is 0 Å². The van der Waals surface area contributed by atoms with E-state index in [2.05, 4.69) is 20.4 Å². The number of carbonyl (C=O) groups is 2. The maximum Gasteiger partial charge on any atom is 0.307 e. The molecule has 0 aliphatic heterocycles. The minimum absolute atomic E-state index is 0.222. The molecule has 0 heterocycles. The highest BCUT2D eigenvalue weighted by Gasteiger charge is 2.33. The molecule has 0 aromatic heterocycles. The number of aldehydes is 1. The van der Waals surface area contributed by atoms with Gasteiger partial charge in [-0.3, -0.25) is 9.59 Å². The molecule has 1 aliphatic rings. The molecule has 1 fully saturated rings. The summed E-state index contributed by atoms with van der Waals surface area (Å²) < 4.78 is 4.69. The van der Waals surface area contributed by atoms with Crippen LogP contribution in [0.5, 0.6) is 0 Å². The zero-order chi connectivity index (χ0) is 15.2. The summed E-state index contributed by atoms with van der Waals surface area (Å²) in [5.41, 5.74) is 2.02. The van der Waals surface area contributed by atoms with Crippen molar-refractivity contribution in [1.29, 1.82) is 0 Å². The van der Waals surface area contributed by atoms with Crippen LogP contribution in [0.2, 0.25) is 0 Å². The van der Waals surface area contributed by atoms with Gasteiger partial charge in [0.1, 0.15) is 6.29 Å². The van der Waals surface area contributed by atoms with E-state index in [1.807, 2.05) is 6.08 Å². The second-order valence-corrected chi connectivity index (χ2v) is 6.02. The van der Waals surface area contributed by atoms with Crippen molar-refractivity contribution in [2.24, 2.45) is 11.3 Å². The van der Waals surface area contributed by atoms with Crippen molar-refractivity contribution in [3.05, 3.63) is 36.1 Å². The zero-order valence-electron chi connectivity index (χ0n) is 12.6. The lowest BCUT2D eigenvalue weighted by Crippen LogP contribution is -2.29. The summed E-state index contributed by atoms with van der Waals surface area (Å²) in [6.07, 6.45) is 9.69. The molecule has 1 aliphatic carbocycles. The molecule has 0 N–H and O–H groups in total. The maximum absolute atomic E-state index is 11.0. The van der Waals surface area contributed by atoms with E-state index in [9.17, 15) is 9.59 Å². The third-order valence-corrected chi connectivity index (χ3v) is 3.97. The molecule has 1 rings (SSSR count). The van der Waals surface area contributed by atoms with Gasteiger partial charge in [-0.05, 0) is 43.1 Å². The Morgan fingerprint density at radius 3 is 2.75 bits per heavy atom. The highest BCUT2D eigenvalue weighted by atomic mass is 16.5. The van der Waals surface area contributed by atoms with E-state index < -0.39 is 5.97 Å². The van der Waals surface area contributed by atoms with Crippen LogP contribution in [0, 0.1) is 11.3 Å². The van der Waals surface area contributed by atoms with Crippen molar-refractivity contribution in [3.8, 4) is 0 Å². The molecule has 3 heteroatoms. The molecule has 3 nitrogen and oxygen atoms in total. The van der Waals surface area contributed by atoms with Gasteiger partial charge in [-0.1, -0.05) is 32.1 Å². The lowest BCUT2D eigenvalue weighted by molar-refractivity contribution is -0.135. The molecular formula is C17H24O3. The smallest absolute Gasteiger partial charge is 0.307 e. The van der Waals surface area contributed by atoms with Crippen molar-refractivity contribution < 1.29 is 14.3 Å². The topological polar surface area (TPSA) is 43.4 Å². The minimum atomic E-state index is -0.395. The molecule has 0 amide bonds. The third kappa shape index (κ3) is 4.80. The second kappa shape index (κ2) is 7.22. The first-order valence-corrected chi connectivity index (χ1v) is 7.03. The van der Waals surface area contributed by atoms with Gasteiger partial charge in [0.2, 0.25) is 0 Å². The van der Waals surface area contributed by atoms with Gasteiger partial charge in [-0.2, -0.15) is 0 Å². The van der Waals surface area contributed by atoms with E-state index in [-0.39, 0.29) is 5.41 Å². The minimum Gasteiger partial charge on any atom is -0.435 e. The van der Waals surface area contributed by atoms with Gasteiger partial charge in [-0.25, -0.2) is 0 Å². The highest BCUT2D eigenvalue weighted by Crippen LogP contribution is 2.45.